The van der Waals surface area contributed by atoms with Gasteiger partial charge in [-0.15, -0.1) is 0 Å². The summed E-state index contributed by atoms with van der Waals surface area (Å²) in [5.74, 6) is 0. The fraction of sp³-hybridized carbons (Fsp3) is 0. The van der Waals surface area contributed by atoms with Crippen molar-refractivity contribution >= 4 is 35.7 Å². The molecule has 0 fully saturated rings. The van der Waals surface area contributed by atoms with E-state index in [4.69, 9.17) is 10.7 Å². The summed E-state index contributed by atoms with van der Waals surface area (Å²) in [6.07, 6.45) is 1.21. The van der Waals surface area contributed by atoms with Crippen LogP contribution in [0.2, 0.25) is 0 Å². The third-order valence-electron chi connectivity index (χ3n) is 1.13. The Morgan fingerprint density at radius 1 is 1.50 bits per heavy atom. The molecule has 0 radical (unpaired) electrons. The van der Waals surface area contributed by atoms with Crippen LogP contribution in [-0.2, 0) is 9.05 Å². The van der Waals surface area contributed by atoms with Gasteiger partial charge in [-0.05, 0) is 22.0 Å². The Labute approximate surface area is 81.1 Å². The lowest BCUT2D eigenvalue weighted by atomic mass is 10.5. The molecule has 0 aromatic carbocycles. The van der Waals surface area contributed by atoms with Gasteiger partial charge in [-0.1, -0.05) is 0 Å². The van der Waals surface area contributed by atoms with Gasteiger partial charge in [0.25, 0.3) is 14.6 Å². The largest absolute Gasteiger partial charge is 0.328 e. The van der Waals surface area contributed by atoms with Gasteiger partial charge in [0.05, 0.1) is 0 Å². The molecular formula is C5H3BrClNO3S. The molecule has 1 rings (SSSR count). The van der Waals surface area contributed by atoms with Crippen LogP contribution in [0.5, 0.6) is 0 Å². The van der Waals surface area contributed by atoms with Gasteiger partial charge in [0.15, 0.2) is 0 Å². The number of rotatable bonds is 1. The van der Waals surface area contributed by atoms with E-state index >= 15 is 0 Å². The Balaban J connectivity index is 3.58. The summed E-state index contributed by atoms with van der Waals surface area (Å²) in [6.45, 7) is 0. The Kier molecular flexibility index (Phi) is 2.60. The van der Waals surface area contributed by atoms with Crippen molar-refractivity contribution in [3.8, 4) is 0 Å². The quantitative estimate of drug-likeness (QED) is 0.778. The van der Waals surface area contributed by atoms with Crippen LogP contribution in [0.1, 0.15) is 0 Å². The van der Waals surface area contributed by atoms with Crippen LogP contribution in [0.15, 0.2) is 26.4 Å². The highest BCUT2D eigenvalue weighted by atomic mass is 79.9. The number of pyridine rings is 1. The summed E-state index contributed by atoms with van der Waals surface area (Å²) in [7, 11) is 1.17. The number of aromatic nitrogens is 1. The van der Waals surface area contributed by atoms with Crippen LogP contribution in [0.3, 0.4) is 0 Å². The SMILES string of the molecule is O=c1[nH]ccc(S(=O)(=O)Cl)c1Br. The van der Waals surface area contributed by atoms with Gasteiger partial charge in [0.1, 0.15) is 9.37 Å². The van der Waals surface area contributed by atoms with Gasteiger partial charge in [-0.2, -0.15) is 0 Å². The lowest BCUT2D eigenvalue weighted by Crippen LogP contribution is -2.09. The molecule has 0 amide bonds. The van der Waals surface area contributed by atoms with Crippen molar-refractivity contribution in [2.24, 2.45) is 0 Å². The van der Waals surface area contributed by atoms with E-state index in [9.17, 15) is 13.2 Å². The molecule has 12 heavy (non-hydrogen) atoms. The lowest BCUT2D eigenvalue weighted by molar-refractivity contribution is 0.609. The highest BCUT2D eigenvalue weighted by molar-refractivity contribution is 9.10. The minimum Gasteiger partial charge on any atom is -0.328 e. The second kappa shape index (κ2) is 3.20. The molecular weight excluding hydrogens is 269 g/mol. The van der Waals surface area contributed by atoms with Crippen LogP contribution in [0, 0.1) is 0 Å². The van der Waals surface area contributed by atoms with Gasteiger partial charge < -0.3 is 4.98 Å². The van der Waals surface area contributed by atoms with Crippen molar-refractivity contribution in [1.82, 2.24) is 4.98 Å². The molecule has 0 bridgehead atoms. The zero-order chi connectivity index (χ0) is 9.35. The van der Waals surface area contributed by atoms with Crippen LogP contribution in [0.25, 0.3) is 0 Å². The predicted molar refractivity (Wildman–Crippen MR) is 47.8 cm³/mol. The number of aromatic amines is 1. The molecule has 0 unspecified atom stereocenters. The minimum absolute atomic E-state index is 0.0833. The van der Waals surface area contributed by atoms with Crippen LogP contribution in [0.4, 0.5) is 0 Å². The summed E-state index contributed by atoms with van der Waals surface area (Å²) < 4.78 is 21.5. The van der Waals surface area contributed by atoms with E-state index in [1.54, 1.807) is 0 Å². The molecule has 0 aliphatic carbocycles. The molecule has 1 N–H and O–H groups in total. The van der Waals surface area contributed by atoms with Gasteiger partial charge in [0, 0.05) is 16.9 Å². The molecule has 0 saturated carbocycles. The van der Waals surface area contributed by atoms with Crippen LogP contribution in [-0.4, -0.2) is 13.4 Å². The fourth-order valence-electron chi connectivity index (χ4n) is 0.630. The zero-order valence-electron chi connectivity index (χ0n) is 5.54. The van der Waals surface area contributed by atoms with E-state index in [1.807, 2.05) is 0 Å². The molecule has 66 valence electrons. The first-order chi connectivity index (χ1) is 5.43. The smallest absolute Gasteiger partial charge is 0.263 e. The molecule has 7 heteroatoms. The third-order valence-corrected chi connectivity index (χ3v) is 3.54. The fourth-order valence-corrected chi connectivity index (χ4v) is 2.72. The Morgan fingerprint density at radius 2 is 2.08 bits per heavy atom. The van der Waals surface area contributed by atoms with Crippen molar-refractivity contribution in [3.63, 3.8) is 0 Å². The second-order valence-electron chi connectivity index (χ2n) is 1.92. The monoisotopic (exact) mass is 271 g/mol. The molecule has 0 aliphatic heterocycles. The maximum Gasteiger partial charge on any atom is 0.263 e. The molecule has 1 heterocycles. The maximum atomic E-state index is 10.9. The summed E-state index contributed by atoms with van der Waals surface area (Å²) in [4.78, 5) is 12.9. The molecule has 0 atom stereocenters. The minimum atomic E-state index is -3.85. The van der Waals surface area contributed by atoms with Crippen molar-refractivity contribution in [3.05, 3.63) is 27.1 Å². The molecule has 4 nitrogen and oxygen atoms in total. The normalized spacial score (nSPS) is 11.5. The number of hydrogen-bond acceptors (Lipinski definition) is 3. The van der Waals surface area contributed by atoms with Crippen molar-refractivity contribution in [2.45, 2.75) is 4.90 Å². The first-order valence-corrected chi connectivity index (χ1v) is 5.85. The van der Waals surface area contributed by atoms with Crippen molar-refractivity contribution in [2.75, 3.05) is 0 Å². The van der Waals surface area contributed by atoms with E-state index in [0.717, 1.165) is 0 Å². The summed E-state index contributed by atoms with van der Waals surface area (Å²) >= 11 is 2.81. The standard InChI is InChI=1S/C5H3BrClNO3S/c6-4-3(12(7,10)11)1-2-8-5(4)9/h1-2H,(H,8,9). The van der Waals surface area contributed by atoms with E-state index < -0.39 is 14.6 Å². The van der Waals surface area contributed by atoms with Crippen LogP contribution >= 0.6 is 26.6 Å². The zero-order valence-corrected chi connectivity index (χ0v) is 8.70. The highest BCUT2D eigenvalue weighted by Gasteiger charge is 2.15. The number of halogens is 2. The first-order valence-electron chi connectivity index (χ1n) is 2.75. The van der Waals surface area contributed by atoms with Gasteiger partial charge >= 0.3 is 0 Å². The van der Waals surface area contributed by atoms with Gasteiger partial charge in [-0.3, -0.25) is 4.79 Å². The van der Waals surface area contributed by atoms with Gasteiger partial charge in [-0.25, -0.2) is 8.42 Å². The van der Waals surface area contributed by atoms with Crippen molar-refractivity contribution in [1.29, 1.82) is 0 Å². The second-order valence-corrected chi connectivity index (χ2v) is 5.25. The summed E-state index contributed by atoms with van der Waals surface area (Å²) in [5.41, 5.74) is -0.531. The molecule has 1 aromatic heterocycles. The van der Waals surface area contributed by atoms with Crippen LogP contribution < -0.4 is 5.56 Å². The first kappa shape index (κ1) is 9.76. The molecule has 1 aromatic rings. The average Bonchev–Trinajstić information content (AvgIpc) is 1.92. The topological polar surface area (TPSA) is 67.0 Å². The Bertz CT molecular complexity index is 452. The lowest BCUT2D eigenvalue weighted by Gasteiger charge is -1.96. The van der Waals surface area contributed by atoms with E-state index in [-0.39, 0.29) is 9.37 Å². The number of H-pyrrole nitrogens is 1. The summed E-state index contributed by atoms with van der Waals surface area (Å²) in [5, 5.41) is 0. The molecule has 0 saturated heterocycles. The van der Waals surface area contributed by atoms with Gasteiger partial charge in [0.2, 0.25) is 0 Å². The third kappa shape index (κ3) is 1.88. The Morgan fingerprint density at radius 3 is 2.50 bits per heavy atom. The number of hydrogen-bond donors (Lipinski definition) is 1. The Hall–Kier alpha value is -0.330. The molecule has 0 aliphatic rings. The summed E-state index contributed by atoms with van der Waals surface area (Å²) in [6, 6.07) is 1.20. The van der Waals surface area contributed by atoms with E-state index in [2.05, 4.69) is 20.9 Å². The molecule has 0 spiro atoms. The van der Waals surface area contributed by atoms with E-state index in [0.29, 0.717) is 0 Å². The average molecular weight is 273 g/mol. The highest BCUT2D eigenvalue weighted by Crippen LogP contribution is 2.20. The number of nitrogens with one attached hydrogen (secondary N) is 1. The maximum absolute atomic E-state index is 10.9. The van der Waals surface area contributed by atoms with E-state index in [1.165, 1.54) is 12.3 Å². The van der Waals surface area contributed by atoms with Crippen molar-refractivity contribution < 1.29 is 8.42 Å². The predicted octanol–water partition coefficient (Wildman–Crippen LogP) is 1.06.